The SMILES string of the molecule is Cc1cc(C#N)ccc1C1(O)CC2COCC(C1)N2. The molecule has 1 aromatic rings. The smallest absolute Gasteiger partial charge is 0.0991 e. The second kappa shape index (κ2) is 4.61. The summed E-state index contributed by atoms with van der Waals surface area (Å²) in [6.45, 7) is 3.28. The van der Waals surface area contributed by atoms with E-state index >= 15 is 0 Å². The van der Waals surface area contributed by atoms with Crippen LogP contribution in [0.25, 0.3) is 0 Å². The molecular weight excluding hydrogens is 240 g/mol. The maximum Gasteiger partial charge on any atom is 0.0991 e. The number of nitrogens with one attached hydrogen (secondary N) is 1. The zero-order valence-electron chi connectivity index (χ0n) is 11.0. The van der Waals surface area contributed by atoms with Crippen molar-refractivity contribution < 1.29 is 9.84 Å². The van der Waals surface area contributed by atoms with Gasteiger partial charge in [-0.25, -0.2) is 0 Å². The Kier molecular flexibility index (Phi) is 3.06. The Bertz CT molecular complexity index is 523. The average molecular weight is 258 g/mol. The molecule has 0 aromatic heterocycles. The molecule has 0 aliphatic carbocycles. The van der Waals surface area contributed by atoms with Gasteiger partial charge in [0.05, 0.1) is 30.4 Å². The summed E-state index contributed by atoms with van der Waals surface area (Å²) in [5.74, 6) is 0. The second-order valence-corrected chi connectivity index (χ2v) is 5.68. The van der Waals surface area contributed by atoms with E-state index in [4.69, 9.17) is 10.00 Å². The van der Waals surface area contributed by atoms with E-state index < -0.39 is 5.60 Å². The molecule has 3 rings (SSSR count). The first-order chi connectivity index (χ1) is 9.10. The maximum absolute atomic E-state index is 11.0. The molecule has 2 atom stereocenters. The summed E-state index contributed by atoms with van der Waals surface area (Å²) >= 11 is 0. The first-order valence-corrected chi connectivity index (χ1v) is 6.68. The number of nitriles is 1. The quantitative estimate of drug-likeness (QED) is 0.794. The van der Waals surface area contributed by atoms with Crippen LogP contribution in [0.1, 0.15) is 29.5 Å². The normalized spacial score (nSPS) is 33.7. The van der Waals surface area contributed by atoms with Gasteiger partial charge in [0.1, 0.15) is 0 Å². The molecule has 0 radical (unpaired) electrons. The molecule has 2 bridgehead atoms. The first kappa shape index (κ1) is 12.6. The molecule has 4 heteroatoms. The Hall–Kier alpha value is -1.41. The number of fused-ring (bicyclic) bond motifs is 2. The third-order valence-corrected chi connectivity index (χ3v) is 4.13. The number of benzene rings is 1. The van der Waals surface area contributed by atoms with Crippen molar-refractivity contribution in [1.82, 2.24) is 5.32 Å². The van der Waals surface area contributed by atoms with Crippen LogP contribution in [0.3, 0.4) is 0 Å². The van der Waals surface area contributed by atoms with Gasteiger partial charge < -0.3 is 15.2 Å². The van der Waals surface area contributed by atoms with Gasteiger partial charge in [-0.15, -0.1) is 0 Å². The van der Waals surface area contributed by atoms with Crippen molar-refractivity contribution in [2.75, 3.05) is 13.2 Å². The highest BCUT2D eigenvalue weighted by atomic mass is 16.5. The minimum atomic E-state index is -0.803. The topological polar surface area (TPSA) is 65.3 Å². The molecule has 2 aliphatic heterocycles. The third-order valence-electron chi connectivity index (χ3n) is 4.13. The summed E-state index contributed by atoms with van der Waals surface area (Å²) in [4.78, 5) is 0. The zero-order chi connectivity index (χ0) is 13.5. The number of rotatable bonds is 1. The monoisotopic (exact) mass is 258 g/mol. The lowest BCUT2D eigenvalue weighted by molar-refractivity contribution is -0.0805. The number of aliphatic hydroxyl groups is 1. The molecule has 0 spiro atoms. The van der Waals surface area contributed by atoms with Crippen molar-refractivity contribution in [2.45, 2.75) is 37.5 Å². The van der Waals surface area contributed by atoms with Crippen molar-refractivity contribution in [3.63, 3.8) is 0 Å². The molecule has 100 valence electrons. The minimum absolute atomic E-state index is 0.215. The third kappa shape index (κ3) is 2.25. The molecule has 2 saturated heterocycles. The van der Waals surface area contributed by atoms with Crippen molar-refractivity contribution >= 4 is 0 Å². The van der Waals surface area contributed by atoms with Crippen LogP contribution >= 0.6 is 0 Å². The maximum atomic E-state index is 11.0. The minimum Gasteiger partial charge on any atom is -0.385 e. The van der Waals surface area contributed by atoms with Crippen LogP contribution in [0.4, 0.5) is 0 Å². The van der Waals surface area contributed by atoms with Gasteiger partial charge in [-0.2, -0.15) is 5.26 Å². The predicted molar refractivity (Wildman–Crippen MR) is 70.6 cm³/mol. The molecule has 0 saturated carbocycles. The zero-order valence-corrected chi connectivity index (χ0v) is 11.0. The van der Waals surface area contributed by atoms with Crippen LogP contribution in [0, 0.1) is 18.3 Å². The molecule has 2 unspecified atom stereocenters. The second-order valence-electron chi connectivity index (χ2n) is 5.68. The fraction of sp³-hybridized carbons (Fsp3) is 0.533. The molecule has 19 heavy (non-hydrogen) atoms. The molecule has 2 N–H and O–H groups in total. The van der Waals surface area contributed by atoms with Crippen LogP contribution in [0.15, 0.2) is 18.2 Å². The standard InChI is InChI=1S/C15H18N2O2/c1-10-4-11(7-16)2-3-14(10)15(18)5-12-8-19-9-13(6-15)17-12/h2-4,12-13,17-18H,5-6,8-9H2,1H3. The largest absolute Gasteiger partial charge is 0.385 e. The Morgan fingerprint density at radius 2 is 2.05 bits per heavy atom. The van der Waals surface area contributed by atoms with E-state index in [1.807, 2.05) is 19.1 Å². The molecule has 0 amide bonds. The molecule has 4 nitrogen and oxygen atoms in total. The molecule has 2 fully saturated rings. The van der Waals surface area contributed by atoms with E-state index in [9.17, 15) is 5.11 Å². The number of ether oxygens (including phenoxy) is 1. The van der Waals surface area contributed by atoms with E-state index in [1.54, 1.807) is 6.07 Å². The van der Waals surface area contributed by atoms with Gasteiger partial charge in [0, 0.05) is 12.1 Å². The van der Waals surface area contributed by atoms with Crippen LogP contribution in [0.2, 0.25) is 0 Å². The lowest BCUT2D eigenvalue weighted by atomic mass is 9.76. The van der Waals surface area contributed by atoms with Crippen molar-refractivity contribution in [2.24, 2.45) is 0 Å². The van der Waals surface area contributed by atoms with Crippen LogP contribution in [-0.2, 0) is 10.3 Å². The van der Waals surface area contributed by atoms with E-state index in [2.05, 4.69) is 11.4 Å². The van der Waals surface area contributed by atoms with E-state index in [-0.39, 0.29) is 12.1 Å². The van der Waals surface area contributed by atoms with Gasteiger partial charge in [-0.1, -0.05) is 6.07 Å². The summed E-state index contributed by atoms with van der Waals surface area (Å²) < 4.78 is 5.52. The highest BCUT2D eigenvalue weighted by Gasteiger charge is 2.42. The number of morpholine rings is 1. The Morgan fingerprint density at radius 1 is 1.37 bits per heavy atom. The number of hydrogen-bond acceptors (Lipinski definition) is 4. The van der Waals surface area contributed by atoms with Crippen LogP contribution in [0.5, 0.6) is 0 Å². The van der Waals surface area contributed by atoms with E-state index in [0.717, 1.165) is 11.1 Å². The highest BCUT2D eigenvalue weighted by Crippen LogP contribution is 2.38. The first-order valence-electron chi connectivity index (χ1n) is 6.68. The molecular formula is C15H18N2O2. The van der Waals surface area contributed by atoms with Crippen molar-refractivity contribution in [3.8, 4) is 6.07 Å². The lowest BCUT2D eigenvalue weighted by Crippen LogP contribution is -2.58. The molecule has 2 heterocycles. The lowest BCUT2D eigenvalue weighted by Gasteiger charge is -2.45. The number of hydrogen-bond donors (Lipinski definition) is 2. The van der Waals surface area contributed by atoms with Crippen LogP contribution in [-0.4, -0.2) is 30.4 Å². The van der Waals surface area contributed by atoms with E-state index in [1.165, 1.54) is 0 Å². The number of aryl methyl sites for hydroxylation is 1. The Balaban J connectivity index is 1.94. The van der Waals surface area contributed by atoms with Gasteiger partial charge in [-0.05, 0) is 43.0 Å². The summed E-state index contributed by atoms with van der Waals surface area (Å²) in [7, 11) is 0. The van der Waals surface area contributed by atoms with Gasteiger partial charge in [0.2, 0.25) is 0 Å². The number of nitrogens with zero attached hydrogens (tertiary/aromatic N) is 1. The summed E-state index contributed by atoms with van der Waals surface area (Å²) in [5.41, 5.74) is 1.78. The van der Waals surface area contributed by atoms with Gasteiger partial charge in [-0.3, -0.25) is 0 Å². The fourth-order valence-electron chi connectivity index (χ4n) is 3.39. The number of piperidine rings is 1. The average Bonchev–Trinajstić information content (AvgIpc) is 2.37. The summed E-state index contributed by atoms with van der Waals surface area (Å²) in [6.07, 6.45) is 1.33. The van der Waals surface area contributed by atoms with Gasteiger partial charge in [0.25, 0.3) is 0 Å². The summed E-state index contributed by atoms with van der Waals surface area (Å²) in [6, 6.07) is 8.10. The Labute approximate surface area is 113 Å². The molecule has 1 aromatic carbocycles. The summed E-state index contributed by atoms with van der Waals surface area (Å²) in [5, 5.41) is 23.4. The molecule has 2 aliphatic rings. The van der Waals surface area contributed by atoms with Crippen molar-refractivity contribution in [3.05, 3.63) is 34.9 Å². The fourth-order valence-corrected chi connectivity index (χ4v) is 3.39. The predicted octanol–water partition coefficient (Wildman–Crippen LogP) is 1.21. The highest BCUT2D eigenvalue weighted by molar-refractivity contribution is 5.40. The Morgan fingerprint density at radius 3 is 2.63 bits per heavy atom. The van der Waals surface area contributed by atoms with Gasteiger partial charge in [0.15, 0.2) is 0 Å². The van der Waals surface area contributed by atoms with Crippen LogP contribution < -0.4 is 5.32 Å². The van der Waals surface area contributed by atoms with E-state index in [0.29, 0.717) is 31.6 Å². The van der Waals surface area contributed by atoms with Crippen molar-refractivity contribution in [1.29, 1.82) is 5.26 Å². The van der Waals surface area contributed by atoms with Gasteiger partial charge >= 0.3 is 0 Å².